The Kier molecular flexibility index (Phi) is 5.03. The van der Waals surface area contributed by atoms with E-state index in [9.17, 15) is 18.0 Å². The third kappa shape index (κ3) is 4.58. The molecule has 0 saturated carbocycles. The summed E-state index contributed by atoms with van der Waals surface area (Å²) in [5.74, 6) is -0.837. The fourth-order valence-electron chi connectivity index (χ4n) is 1.40. The van der Waals surface area contributed by atoms with Crippen molar-refractivity contribution in [2.75, 3.05) is 12.8 Å². The Morgan fingerprint density at radius 3 is 2.33 bits per heavy atom. The van der Waals surface area contributed by atoms with E-state index < -0.39 is 24.7 Å². The molecule has 100 valence electrons. The van der Waals surface area contributed by atoms with E-state index in [0.717, 1.165) is 4.90 Å². The van der Waals surface area contributed by atoms with E-state index in [1.54, 1.807) is 24.3 Å². The van der Waals surface area contributed by atoms with Crippen molar-refractivity contribution in [3.8, 4) is 0 Å². The molecule has 0 aliphatic heterocycles. The molecule has 1 aromatic carbocycles. The quantitative estimate of drug-likeness (QED) is 0.811. The molecule has 0 fully saturated rings. The Morgan fingerprint density at radius 1 is 1.39 bits per heavy atom. The molecule has 0 spiro atoms. The van der Waals surface area contributed by atoms with Crippen molar-refractivity contribution in [2.45, 2.75) is 17.1 Å². The van der Waals surface area contributed by atoms with E-state index >= 15 is 0 Å². The number of hydrogen-bond acceptors (Lipinski definition) is 3. The standard InChI is InChI=1S/C11H13F3N2OS/c1-18-8-4-2-7(3-5-8)9(10(15)17)16-6-11(12,13)14/h2-5,9,16H,6H2,1H3,(H2,15,17). The summed E-state index contributed by atoms with van der Waals surface area (Å²) in [5.41, 5.74) is 5.52. The number of thioether (sulfide) groups is 1. The monoisotopic (exact) mass is 278 g/mol. The number of primary amides is 1. The van der Waals surface area contributed by atoms with Gasteiger partial charge in [-0.3, -0.25) is 10.1 Å². The summed E-state index contributed by atoms with van der Waals surface area (Å²) in [5, 5.41) is 2.11. The summed E-state index contributed by atoms with van der Waals surface area (Å²) < 4.78 is 36.3. The fraction of sp³-hybridized carbons (Fsp3) is 0.364. The number of halogens is 3. The highest BCUT2D eigenvalue weighted by Gasteiger charge is 2.29. The molecule has 1 atom stereocenters. The predicted octanol–water partition coefficient (Wildman–Crippen LogP) is 2.09. The first-order valence-electron chi connectivity index (χ1n) is 5.07. The second kappa shape index (κ2) is 6.10. The molecule has 3 N–H and O–H groups in total. The summed E-state index contributed by atoms with van der Waals surface area (Å²) in [6.07, 6.45) is -2.50. The van der Waals surface area contributed by atoms with Crippen LogP contribution in [0.5, 0.6) is 0 Å². The Morgan fingerprint density at radius 2 is 1.94 bits per heavy atom. The Balaban J connectivity index is 2.80. The highest BCUT2D eigenvalue weighted by Crippen LogP contribution is 2.20. The van der Waals surface area contributed by atoms with Crippen molar-refractivity contribution in [2.24, 2.45) is 5.73 Å². The first kappa shape index (κ1) is 14.8. The number of amides is 1. The average Bonchev–Trinajstić information content (AvgIpc) is 2.28. The largest absolute Gasteiger partial charge is 0.401 e. The minimum atomic E-state index is -4.38. The molecule has 3 nitrogen and oxygen atoms in total. The normalized spacial score (nSPS) is 13.3. The minimum Gasteiger partial charge on any atom is -0.368 e. The molecule has 18 heavy (non-hydrogen) atoms. The highest BCUT2D eigenvalue weighted by atomic mass is 32.2. The van der Waals surface area contributed by atoms with Crippen LogP contribution in [0, 0.1) is 0 Å². The molecule has 0 bridgehead atoms. The summed E-state index contributed by atoms with van der Waals surface area (Å²) >= 11 is 1.50. The van der Waals surface area contributed by atoms with E-state index in [1.165, 1.54) is 11.8 Å². The van der Waals surface area contributed by atoms with E-state index in [-0.39, 0.29) is 0 Å². The molecule has 0 radical (unpaired) electrons. The molecular weight excluding hydrogens is 265 g/mol. The van der Waals surface area contributed by atoms with Gasteiger partial charge in [-0.2, -0.15) is 13.2 Å². The van der Waals surface area contributed by atoms with Crippen LogP contribution in [0.1, 0.15) is 11.6 Å². The summed E-state index contributed by atoms with van der Waals surface area (Å²) in [6, 6.07) is 5.49. The smallest absolute Gasteiger partial charge is 0.368 e. The van der Waals surface area contributed by atoms with Gasteiger partial charge in [0.2, 0.25) is 5.91 Å². The van der Waals surface area contributed by atoms with Gasteiger partial charge < -0.3 is 5.73 Å². The van der Waals surface area contributed by atoms with Crippen LogP contribution < -0.4 is 11.1 Å². The van der Waals surface area contributed by atoms with Crippen LogP contribution >= 0.6 is 11.8 Å². The zero-order valence-electron chi connectivity index (χ0n) is 9.62. The summed E-state index contributed by atoms with van der Waals surface area (Å²) in [7, 11) is 0. The first-order chi connectivity index (χ1) is 8.33. The van der Waals surface area contributed by atoms with Crippen molar-refractivity contribution < 1.29 is 18.0 Å². The van der Waals surface area contributed by atoms with Gasteiger partial charge in [0.05, 0.1) is 6.54 Å². The third-order valence-corrected chi connectivity index (χ3v) is 2.98. The highest BCUT2D eigenvalue weighted by molar-refractivity contribution is 7.98. The maximum atomic E-state index is 12.1. The number of nitrogens with one attached hydrogen (secondary N) is 1. The number of carbonyl (C=O) groups is 1. The van der Waals surface area contributed by atoms with Crippen LogP contribution in [-0.4, -0.2) is 24.9 Å². The van der Waals surface area contributed by atoms with E-state index in [4.69, 9.17) is 5.73 Å². The topological polar surface area (TPSA) is 55.1 Å². The van der Waals surface area contributed by atoms with Crippen LogP contribution in [0.15, 0.2) is 29.2 Å². The van der Waals surface area contributed by atoms with Crippen LogP contribution in [0.4, 0.5) is 13.2 Å². The first-order valence-corrected chi connectivity index (χ1v) is 6.29. The number of hydrogen-bond donors (Lipinski definition) is 2. The fourth-order valence-corrected chi connectivity index (χ4v) is 1.81. The second-order valence-electron chi connectivity index (χ2n) is 3.60. The van der Waals surface area contributed by atoms with Gasteiger partial charge in [-0.15, -0.1) is 11.8 Å². The van der Waals surface area contributed by atoms with Crippen LogP contribution in [0.3, 0.4) is 0 Å². The van der Waals surface area contributed by atoms with Gasteiger partial charge in [0.15, 0.2) is 0 Å². The molecule has 0 saturated heterocycles. The Hall–Kier alpha value is -1.21. The summed E-state index contributed by atoms with van der Waals surface area (Å²) in [6.45, 7) is -1.26. The van der Waals surface area contributed by atoms with E-state index in [2.05, 4.69) is 5.32 Å². The van der Waals surface area contributed by atoms with Crippen molar-refractivity contribution in [1.29, 1.82) is 0 Å². The number of alkyl halides is 3. The maximum Gasteiger partial charge on any atom is 0.401 e. The van der Waals surface area contributed by atoms with Gasteiger partial charge in [0.25, 0.3) is 0 Å². The van der Waals surface area contributed by atoms with Gasteiger partial charge in [-0.1, -0.05) is 12.1 Å². The zero-order valence-corrected chi connectivity index (χ0v) is 10.4. The number of rotatable bonds is 5. The second-order valence-corrected chi connectivity index (χ2v) is 4.48. The molecule has 1 amide bonds. The van der Waals surface area contributed by atoms with Crippen molar-refractivity contribution in [3.05, 3.63) is 29.8 Å². The number of nitrogens with two attached hydrogens (primary N) is 1. The number of benzene rings is 1. The van der Waals surface area contributed by atoms with Crippen molar-refractivity contribution in [1.82, 2.24) is 5.32 Å². The molecule has 1 unspecified atom stereocenters. The lowest BCUT2D eigenvalue weighted by molar-refractivity contribution is -0.130. The molecule has 7 heteroatoms. The van der Waals surface area contributed by atoms with Crippen molar-refractivity contribution in [3.63, 3.8) is 0 Å². The maximum absolute atomic E-state index is 12.1. The van der Waals surface area contributed by atoms with Crippen molar-refractivity contribution >= 4 is 17.7 Å². The van der Waals surface area contributed by atoms with Gasteiger partial charge in [-0.05, 0) is 24.0 Å². The molecule has 0 aliphatic rings. The predicted molar refractivity (Wildman–Crippen MR) is 64.2 cm³/mol. The molecule has 0 aromatic heterocycles. The van der Waals surface area contributed by atoms with Crippen LogP contribution in [-0.2, 0) is 4.79 Å². The third-order valence-electron chi connectivity index (χ3n) is 2.24. The minimum absolute atomic E-state index is 0.421. The number of carbonyl (C=O) groups excluding carboxylic acids is 1. The molecule has 1 rings (SSSR count). The zero-order chi connectivity index (χ0) is 13.8. The lowest BCUT2D eigenvalue weighted by Gasteiger charge is -2.17. The van der Waals surface area contributed by atoms with Crippen LogP contribution in [0.2, 0.25) is 0 Å². The summed E-state index contributed by atoms with van der Waals surface area (Å²) in [4.78, 5) is 12.1. The lowest BCUT2D eigenvalue weighted by Crippen LogP contribution is -2.38. The van der Waals surface area contributed by atoms with Gasteiger partial charge in [0, 0.05) is 4.90 Å². The molecule has 0 aliphatic carbocycles. The van der Waals surface area contributed by atoms with Gasteiger partial charge in [0.1, 0.15) is 6.04 Å². The molecule has 0 heterocycles. The van der Waals surface area contributed by atoms with Gasteiger partial charge >= 0.3 is 6.18 Å². The van der Waals surface area contributed by atoms with E-state index in [1.807, 2.05) is 6.26 Å². The Labute approximate surface area is 107 Å². The average molecular weight is 278 g/mol. The van der Waals surface area contributed by atoms with Gasteiger partial charge in [-0.25, -0.2) is 0 Å². The molecular formula is C11H13F3N2OS. The molecule has 1 aromatic rings. The van der Waals surface area contributed by atoms with Crippen LogP contribution in [0.25, 0.3) is 0 Å². The Bertz CT molecular complexity index is 406. The lowest BCUT2D eigenvalue weighted by atomic mass is 10.1. The van der Waals surface area contributed by atoms with E-state index in [0.29, 0.717) is 5.56 Å². The SMILES string of the molecule is CSc1ccc(C(NCC(F)(F)F)C(N)=O)cc1.